The Hall–Kier alpha value is 0.570. The van der Waals surface area contributed by atoms with Crippen molar-refractivity contribution in [1.82, 2.24) is 0 Å². The van der Waals surface area contributed by atoms with Crippen molar-refractivity contribution in [2.24, 2.45) is 5.73 Å². The van der Waals surface area contributed by atoms with Gasteiger partial charge in [-0.15, -0.1) is 17.0 Å². The Kier molecular flexibility index (Phi) is 9.77. The SMILES string of the molecule is Br.NCC(=O)c1cc(Br)c(OCCCBr)c(Br)c1. The van der Waals surface area contributed by atoms with Crippen LogP contribution in [-0.4, -0.2) is 24.3 Å². The average molecular weight is 511 g/mol. The highest BCUT2D eigenvalue weighted by molar-refractivity contribution is 9.11. The summed E-state index contributed by atoms with van der Waals surface area (Å²) in [7, 11) is 0. The Labute approximate surface area is 142 Å². The Morgan fingerprint density at radius 2 is 1.83 bits per heavy atom. The lowest BCUT2D eigenvalue weighted by Gasteiger charge is -2.11. The Morgan fingerprint density at radius 1 is 1.28 bits per heavy atom. The van der Waals surface area contributed by atoms with E-state index in [4.69, 9.17) is 10.5 Å². The maximum absolute atomic E-state index is 11.5. The summed E-state index contributed by atoms with van der Waals surface area (Å²) in [5.41, 5.74) is 5.89. The highest BCUT2D eigenvalue weighted by Crippen LogP contribution is 2.35. The summed E-state index contributed by atoms with van der Waals surface area (Å²) < 4.78 is 7.11. The molecule has 1 aromatic rings. The van der Waals surface area contributed by atoms with Crippen molar-refractivity contribution in [3.05, 3.63) is 26.6 Å². The molecule has 7 heteroatoms. The van der Waals surface area contributed by atoms with Crippen molar-refractivity contribution in [3.8, 4) is 5.75 Å². The molecular formula is C11H13Br4NO2. The molecule has 1 rings (SSSR count). The van der Waals surface area contributed by atoms with E-state index in [1.54, 1.807) is 12.1 Å². The van der Waals surface area contributed by atoms with Crippen molar-refractivity contribution in [2.75, 3.05) is 18.5 Å². The van der Waals surface area contributed by atoms with Gasteiger partial charge in [0.2, 0.25) is 0 Å². The molecular weight excluding hydrogens is 498 g/mol. The number of carbonyl (C=O) groups excluding carboxylic acids is 1. The number of ether oxygens (including phenoxy) is 1. The molecule has 0 aliphatic carbocycles. The summed E-state index contributed by atoms with van der Waals surface area (Å²) in [4.78, 5) is 11.5. The lowest BCUT2D eigenvalue weighted by Crippen LogP contribution is -2.13. The quantitative estimate of drug-likeness (QED) is 0.356. The minimum absolute atomic E-state index is 0. The smallest absolute Gasteiger partial charge is 0.176 e. The van der Waals surface area contributed by atoms with Gasteiger partial charge in [0.05, 0.1) is 22.1 Å². The molecule has 0 aliphatic rings. The fourth-order valence-corrected chi connectivity index (χ4v) is 2.85. The Morgan fingerprint density at radius 3 is 2.28 bits per heavy atom. The van der Waals surface area contributed by atoms with Crippen LogP contribution in [0.5, 0.6) is 5.75 Å². The van der Waals surface area contributed by atoms with E-state index in [0.29, 0.717) is 17.9 Å². The van der Waals surface area contributed by atoms with Crippen LogP contribution in [0, 0.1) is 0 Å². The lowest BCUT2D eigenvalue weighted by molar-refractivity contribution is 0.100. The molecule has 0 heterocycles. The number of carbonyl (C=O) groups is 1. The summed E-state index contributed by atoms with van der Waals surface area (Å²) >= 11 is 10.1. The molecule has 0 bridgehead atoms. The standard InChI is InChI=1S/C11H12Br3NO2.BrH/c12-2-1-3-17-11-8(13)4-7(5-9(11)14)10(16)6-15;/h4-5H,1-3,6,15H2;1H. The average Bonchev–Trinajstić information content (AvgIpc) is 2.31. The zero-order valence-corrected chi connectivity index (χ0v) is 15.9. The summed E-state index contributed by atoms with van der Waals surface area (Å²) in [6.45, 7) is 0.620. The van der Waals surface area contributed by atoms with Crippen LogP contribution in [0.15, 0.2) is 21.1 Å². The molecule has 0 saturated heterocycles. The van der Waals surface area contributed by atoms with Crippen molar-refractivity contribution in [2.45, 2.75) is 6.42 Å². The van der Waals surface area contributed by atoms with Crippen LogP contribution in [-0.2, 0) is 0 Å². The molecule has 0 saturated carbocycles. The summed E-state index contributed by atoms with van der Waals surface area (Å²) in [6, 6.07) is 3.45. The lowest BCUT2D eigenvalue weighted by atomic mass is 10.1. The van der Waals surface area contributed by atoms with Gasteiger partial charge in [-0.2, -0.15) is 0 Å². The molecule has 0 spiro atoms. The zero-order chi connectivity index (χ0) is 12.8. The molecule has 0 fully saturated rings. The molecule has 0 aromatic heterocycles. The topological polar surface area (TPSA) is 52.3 Å². The second-order valence-corrected chi connectivity index (χ2v) is 5.79. The molecule has 0 aliphatic heterocycles. The number of hydrogen-bond donors (Lipinski definition) is 1. The van der Waals surface area contributed by atoms with Gasteiger partial charge in [-0.3, -0.25) is 4.79 Å². The van der Waals surface area contributed by atoms with Crippen molar-refractivity contribution in [3.63, 3.8) is 0 Å². The molecule has 1 aromatic carbocycles. The van der Waals surface area contributed by atoms with Gasteiger partial charge in [0.25, 0.3) is 0 Å². The number of nitrogens with two attached hydrogens (primary N) is 1. The summed E-state index contributed by atoms with van der Waals surface area (Å²) in [5, 5.41) is 0.895. The summed E-state index contributed by atoms with van der Waals surface area (Å²) in [5.74, 6) is 0.609. The van der Waals surface area contributed by atoms with Crippen LogP contribution >= 0.6 is 64.8 Å². The number of ketones is 1. The van der Waals surface area contributed by atoms with Gasteiger partial charge in [0.1, 0.15) is 5.75 Å². The van der Waals surface area contributed by atoms with Crippen LogP contribution in [0.1, 0.15) is 16.8 Å². The third-order valence-electron chi connectivity index (χ3n) is 2.03. The van der Waals surface area contributed by atoms with E-state index < -0.39 is 0 Å². The van der Waals surface area contributed by atoms with E-state index in [1.807, 2.05) is 0 Å². The highest BCUT2D eigenvalue weighted by atomic mass is 79.9. The van der Waals surface area contributed by atoms with Crippen LogP contribution in [0.25, 0.3) is 0 Å². The maximum Gasteiger partial charge on any atom is 0.176 e. The number of benzene rings is 1. The van der Waals surface area contributed by atoms with Crippen LogP contribution in [0.2, 0.25) is 0 Å². The second-order valence-electron chi connectivity index (χ2n) is 3.29. The van der Waals surface area contributed by atoms with E-state index in [1.165, 1.54) is 0 Å². The van der Waals surface area contributed by atoms with Crippen molar-refractivity contribution in [1.29, 1.82) is 0 Å². The fourth-order valence-electron chi connectivity index (χ4n) is 1.21. The Bertz CT molecular complexity index is 389. The first-order valence-electron chi connectivity index (χ1n) is 5.01. The molecule has 0 atom stereocenters. The number of alkyl halides is 1. The van der Waals surface area contributed by atoms with E-state index in [0.717, 1.165) is 20.7 Å². The first kappa shape index (κ1) is 18.6. The normalized spacial score (nSPS) is 9.78. The maximum atomic E-state index is 11.5. The fraction of sp³-hybridized carbons (Fsp3) is 0.364. The molecule has 102 valence electrons. The van der Waals surface area contributed by atoms with Gasteiger partial charge in [-0.05, 0) is 50.4 Å². The molecule has 2 N–H and O–H groups in total. The number of rotatable bonds is 6. The zero-order valence-electron chi connectivity index (χ0n) is 9.42. The molecule has 0 unspecified atom stereocenters. The summed E-state index contributed by atoms with van der Waals surface area (Å²) in [6.07, 6.45) is 0.919. The first-order chi connectivity index (χ1) is 8.10. The molecule has 3 nitrogen and oxygen atoms in total. The first-order valence-corrected chi connectivity index (χ1v) is 7.72. The van der Waals surface area contributed by atoms with Crippen LogP contribution < -0.4 is 10.5 Å². The van der Waals surface area contributed by atoms with Crippen LogP contribution in [0.3, 0.4) is 0 Å². The van der Waals surface area contributed by atoms with E-state index >= 15 is 0 Å². The minimum atomic E-state index is -0.0987. The van der Waals surface area contributed by atoms with Gasteiger partial charge in [-0.25, -0.2) is 0 Å². The predicted octanol–water partition coefficient (Wildman–Crippen LogP) is 4.09. The van der Waals surface area contributed by atoms with Crippen molar-refractivity contribution < 1.29 is 9.53 Å². The molecule has 0 radical (unpaired) electrons. The van der Waals surface area contributed by atoms with E-state index in [9.17, 15) is 4.79 Å². The monoisotopic (exact) mass is 507 g/mol. The largest absolute Gasteiger partial charge is 0.491 e. The van der Waals surface area contributed by atoms with Gasteiger partial charge in [-0.1, -0.05) is 15.9 Å². The Balaban J connectivity index is 0.00000289. The van der Waals surface area contributed by atoms with E-state index in [-0.39, 0.29) is 29.3 Å². The van der Waals surface area contributed by atoms with Crippen molar-refractivity contribution >= 4 is 70.6 Å². The molecule has 0 amide bonds. The second kappa shape index (κ2) is 9.47. The van der Waals surface area contributed by atoms with Gasteiger partial charge in [0, 0.05) is 10.9 Å². The van der Waals surface area contributed by atoms with Crippen LogP contribution in [0.4, 0.5) is 0 Å². The molecule has 18 heavy (non-hydrogen) atoms. The predicted molar refractivity (Wildman–Crippen MR) is 89.5 cm³/mol. The van der Waals surface area contributed by atoms with Gasteiger partial charge in [0.15, 0.2) is 5.78 Å². The number of Topliss-reactive ketones (excluding diaryl/α,β-unsaturated/α-hetero) is 1. The van der Waals surface area contributed by atoms with E-state index in [2.05, 4.69) is 47.8 Å². The third-order valence-corrected chi connectivity index (χ3v) is 3.77. The highest BCUT2D eigenvalue weighted by Gasteiger charge is 2.12. The third kappa shape index (κ3) is 5.28. The number of hydrogen-bond acceptors (Lipinski definition) is 3. The van der Waals surface area contributed by atoms with Gasteiger partial charge >= 0.3 is 0 Å². The minimum Gasteiger partial charge on any atom is -0.491 e. The van der Waals surface area contributed by atoms with Gasteiger partial charge < -0.3 is 10.5 Å². The number of halogens is 4.